The van der Waals surface area contributed by atoms with E-state index in [-0.39, 0.29) is 12.2 Å². The van der Waals surface area contributed by atoms with E-state index in [4.69, 9.17) is 5.11 Å². The second-order valence-corrected chi connectivity index (χ2v) is 2.94. The number of carbonyl (C=O) groups excluding carboxylic acids is 1. The lowest BCUT2D eigenvalue weighted by molar-refractivity contribution is -0.137. The first-order valence-corrected chi connectivity index (χ1v) is 3.92. The molecule has 0 fully saturated rings. The molecule has 0 aliphatic rings. The van der Waals surface area contributed by atoms with Crippen LogP contribution in [0, 0.1) is 0 Å². The predicted octanol–water partition coefficient (Wildman–Crippen LogP) is 1.78. The molecule has 1 N–H and O–H groups in total. The molecule has 0 amide bonds. The number of carboxylic acids is 1. The van der Waals surface area contributed by atoms with E-state index in [2.05, 4.69) is 0 Å². The molecule has 0 aromatic rings. The first kappa shape index (κ1) is 10.9. The Balaban J connectivity index is 3.59. The fourth-order valence-electron chi connectivity index (χ4n) is 0.808. The number of carboxylic acid groups (broad SMARTS) is 1. The van der Waals surface area contributed by atoms with Crippen LogP contribution in [0.25, 0.3) is 0 Å². The molecule has 3 heteroatoms. The number of carbonyl (C=O) groups is 2. The third-order valence-corrected chi connectivity index (χ3v) is 1.26. The SMILES string of the molecule is CC(C)=CC(=O)CCCC(=O)O. The van der Waals surface area contributed by atoms with Crippen molar-refractivity contribution in [2.75, 3.05) is 0 Å². The van der Waals surface area contributed by atoms with E-state index in [1.807, 2.05) is 13.8 Å². The van der Waals surface area contributed by atoms with Crippen molar-refractivity contribution in [3.05, 3.63) is 11.6 Å². The van der Waals surface area contributed by atoms with Crippen LogP contribution >= 0.6 is 0 Å². The molecule has 0 saturated heterocycles. The molecule has 0 radical (unpaired) electrons. The Morgan fingerprint density at radius 1 is 1.25 bits per heavy atom. The van der Waals surface area contributed by atoms with Gasteiger partial charge < -0.3 is 5.11 Å². The van der Waals surface area contributed by atoms with Gasteiger partial charge in [-0.25, -0.2) is 0 Å². The molecule has 0 aromatic heterocycles. The summed E-state index contributed by atoms with van der Waals surface area (Å²) in [6.45, 7) is 3.68. The summed E-state index contributed by atoms with van der Waals surface area (Å²) in [5, 5.41) is 8.28. The molecule has 0 atom stereocenters. The molecule has 0 bridgehead atoms. The second kappa shape index (κ2) is 5.52. The van der Waals surface area contributed by atoms with E-state index in [0.717, 1.165) is 5.57 Å². The summed E-state index contributed by atoms with van der Waals surface area (Å²) in [6.07, 6.45) is 2.37. The molecule has 0 spiro atoms. The van der Waals surface area contributed by atoms with Crippen molar-refractivity contribution in [1.29, 1.82) is 0 Å². The van der Waals surface area contributed by atoms with Gasteiger partial charge in [-0.1, -0.05) is 5.57 Å². The van der Waals surface area contributed by atoms with E-state index in [0.29, 0.717) is 12.8 Å². The fourth-order valence-corrected chi connectivity index (χ4v) is 0.808. The first-order valence-electron chi connectivity index (χ1n) is 3.92. The number of hydrogen-bond donors (Lipinski definition) is 1. The van der Waals surface area contributed by atoms with Crippen molar-refractivity contribution in [2.45, 2.75) is 33.1 Å². The van der Waals surface area contributed by atoms with E-state index in [1.165, 1.54) is 0 Å². The Kier molecular flexibility index (Phi) is 5.00. The third-order valence-electron chi connectivity index (χ3n) is 1.26. The van der Waals surface area contributed by atoms with E-state index in [9.17, 15) is 9.59 Å². The van der Waals surface area contributed by atoms with Crippen LogP contribution in [0.15, 0.2) is 11.6 Å². The van der Waals surface area contributed by atoms with E-state index >= 15 is 0 Å². The lowest BCUT2D eigenvalue weighted by atomic mass is 10.1. The number of allylic oxidation sites excluding steroid dienone is 2. The topological polar surface area (TPSA) is 54.4 Å². The zero-order valence-electron chi connectivity index (χ0n) is 7.46. The van der Waals surface area contributed by atoms with Crippen LogP contribution in [0.3, 0.4) is 0 Å². The molecular weight excluding hydrogens is 156 g/mol. The van der Waals surface area contributed by atoms with Crippen molar-refractivity contribution in [3.8, 4) is 0 Å². The minimum absolute atomic E-state index is 0.0104. The Labute approximate surface area is 72.1 Å². The Morgan fingerprint density at radius 3 is 2.25 bits per heavy atom. The molecule has 12 heavy (non-hydrogen) atoms. The van der Waals surface area contributed by atoms with Crippen LogP contribution in [0.5, 0.6) is 0 Å². The Bertz CT molecular complexity index is 200. The first-order chi connectivity index (χ1) is 5.52. The van der Waals surface area contributed by atoms with Crippen molar-refractivity contribution in [1.82, 2.24) is 0 Å². The normalized spacial score (nSPS) is 9.17. The third kappa shape index (κ3) is 6.99. The van der Waals surface area contributed by atoms with E-state index in [1.54, 1.807) is 6.08 Å². The molecule has 0 aliphatic heterocycles. The van der Waals surface area contributed by atoms with Gasteiger partial charge in [0.05, 0.1) is 0 Å². The minimum atomic E-state index is -0.847. The summed E-state index contributed by atoms with van der Waals surface area (Å²) in [7, 11) is 0. The highest BCUT2D eigenvalue weighted by molar-refractivity contribution is 5.90. The van der Waals surface area contributed by atoms with Crippen molar-refractivity contribution in [3.63, 3.8) is 0 Å². The Hall–Kier alpha value is -1.12. The summed E-state index contributed by atoms with van der Waals surface area (Å²) in [6, 6.07) is 0. The van der Waals surface area contributed by atoms with Crippen LogP contribution in [-0.2, 0) is 9.59 Å². The highest BCUT2D eigenvalue weighted by Crippen LogP contribution is 1.99. The maximum Gasteiger partial charge on any atom is 0.303 e. The summed E-state index contributed by atoms with van der Waals surface area (Å²) in [5.41, 5.74) is 0.954. The van der Waals surface area contributed by atoms with Gasteiger partial charge in [-0.2, -0.15) is 0 Å². The molecular formula is C9H14O3. The number of rotatable bonds is 5. The molecule has 0 rings (SSSR count). The van der Waals surface area contributed by atoms with Gasteiger partial charge in [-0.3, -0.25) is 9.59 Å². The maximum atomic E-state index is 11.0. The van der Waals surface area contributed by atoms with Crippen LogP contribution in [0.4, 0.5) is 0 Å². The molecule has 0 saturated carbocycles. The van der Waals surface area contributed by atoms with E-state index < -0.39 is 5.97 Å². The van der Waals surface area contributed by atoms with Gasteiger partial charge in [0.15, 0.2) is 5.78 Å². The molecule has 3 nitrogen and oxygen atoms in total. The summed E-state index contributed by atoms with van der Waals surface area (Å²) in [4.78, 5) is 21.0. The molecule has 0 unspecified atom stereocenters. The average Bonchev–Trinajstić information content (AvgIpc) is 1.84. The standard InChI is InChI=1S/C9H14O3/c1-7(2)6-8(10)4-3-5-9(11)12/h6H,3-5H2,1-2H3,(H,11,12). The van der Waals surface area contributed by atoms with Crippen molar-refractivity contribution < 1.29 is 14.7 Å². The van der Waals surface area contributed by atoms with Crippen molar-refractivity contribution in [2.24, 2.45) is 0 Å². The molecule has 0 aromatic carbocycles. The summed E-state index contributed by atoms with van der Waals surface area (Å²) in [5.74, 6) is -0.837. The zero-order chi connectivity index (χ0) is 9.56. The summed E-state index contributed by atoms with van der Waals surface area (Å²) >= 11 is 0. The van der Waals surface area contributed by atoms with Gasteiger partial charge in [0.2, 0.25) is 0 Å². The second-order valence-electron chi connectivity index (χ2n) is 2.94. The van der Waals surface area contributed by atoms with Gasteiger partial charge in [0, 0.05) is 12.8 Å². The molecule has 0 aliphatic carbocycles. The lowest BCUT2D eigenvalue weighted by Crippen LogP contribution is -1.98. The van der Waals surface area contributed by atoms with Crippen LogP contribution in [0.2, 0.25) is 0 Å². The van der Waals surface area contributed by atoms with Gasteiger partial charge in [-0.05, 0) is 26.3 Å². The lowest BCUT2D eigenvalue weighted by Gasteiger charge is -1.93. The minimum Gasteiger partial charge on any atom is -0.481 e. The number of hydrogen-bond acceptors (Lipinski definition) is 2. The van der Waals surface area contributed by atoms with Gasteiger partial charge in [0.1, 0.15) is 0 Å². The smallest absolute Gasteiger partial charge is 0.303 e. The predicted molar refractivity (Wildman–Crippen MR) is 45.9 cm³/mol. The van der Waals surface area contributed by atoms with Crippen LogP contribution in [-0.4, -0.2) is 16.9 Å². The number of ketones is 1. The van der Waals surface area contributed by atoms with Crippen LogP contribution in [0.1, 0.15) is 33.1 Å². The molecule has 0 heterocycles. The average molecular weight is 170 g/mol. The monoisotopic (exact) mass is 170 g/mol. The van der Waals surface area contributed by atoms with Gasteiger partial charge in [-0.15, -0.1) is 0 Å². The zero-order valence-corrected chi connectivity index (χ0v) is 7.46. The molecule has 68 valence electrons. The maximum absolute atomic E-state index is 11.0. The van der Waals surface area contributed by atoms with Gasteiger partial charge in [0.25, 0.3) is 0 Å². The highest BCUT2D eigenvalue weighted by Gasteiger charge is 2.00. The quantitative estimate of drug-likeness (QED) is 0.640. The fraction of sp³-hybridized carbons (Fsp3) is 0.556. The summed E-state index contributed by atoms with van der Waals surface area (Å²) < 4.78 is 0. The van der Waals surface area contributed by atoms with Crippen molar-refractivity contribution >= 4 is 11.8 Å². The Morgan fingerprint density at radius 2 is 1.83 bits per heavy atom. The van der Waals surface area contributed by atoms with Crippen LogP contribution < -0.4 is 0 Å². The largest absolute Gasteiger partial charge is 0.481 e. The highest BCUT2D eigenvalue weighted by atomic mass is 16.4. The van der Waals surface area contributed by atoms with Gasteiger partial charge >= 0.3 is 5.97 Å². The number of aliphatic carboxylic acids is 1.